The van der Waals surface area contributed by atoms with Gasteiger partial charge in [0.2, 0.25) is 0 Å². The minimum absolute atomic E-state index is 0.111. The summed E-state index contributed by atoms with van der Waals surface area (Å²) in [5.41, 5.74) is 6.14. The highest BCUT2D eigenvalue weighted by molar-refractivity contribution is 6.30. The topological polar surface area (TPSA) is 35.2 Å². The van der Waals surface area contributed by atoms with Gasteiger partial charge in [-0.2, -0.15) is 0 Å². The molecule has 2 aromatic rings. The number of benzene rings is 2. The van der Waals surface area contributed by atoms with E-state index < -0.39 is 11.6 Å². The normalized spacial score (nSPS) is 10.5. The molecule has 0 aliphatic carbocycles. The fraction of sp³-hybridized carbons (Fsp3) is 0.143. The first-order valence-electron chi connectivity index (χ1n) is 5.66. The summed E-state index contributed by atoms with van der Waals surface area (Å²) in [5.74, 6) is -0.805. The molecule has 0 heterocycles. The Bertz CT molecular complexity index is 569. The number of hydrogen-bond donors (Lipinski definition) is 1. The molecular weight excluding hydrogens is 272 g/mol. The summed E-state index contributed by atoms with van der Waals surface area (Å²) < 4.78 is 32.3. The Kier molecular flexibility index (Phi) is 4.35. The van der Waals surface area contributed by atoms with Crippen LogP contribution in [0.5, 0.6) is 5.75 Å². The summed E-state index contributed by atoms with van der Waals surface area (Å²) in [6.07, 6.45) is 0. The Morgan fingerprint density at radius 3 is 2.42 bits per heavy atom. The van der Waals surface area contributed by atoms with Crippen LogP contribution in [0.1, 0.15) is 11.1 Å². The van der Waals surface area contributed by atoms with Crippen LogP contribution in [0.3, 0.4) is 0 Å². The molecule has 0 radical (unpaired) electrons. The SMILES string of the molecule is NCc1cc(Cl)ccc1OCc1c(F)cccc1F. The van der Waals surface area contributed by atoms with Crippen molar-refractivity contribution >= 4 is 11.6 Å². The highest BCUT2D eigenvalue weighted by Crippen LogP contribution is 2.24. The summed E-state index contributed by atoms with van der Waals surface area (Å²) in [7, 11) is 0. The summed E-state index contributed by atoms with van der Waals surface area (Å²) in [5, 5.41) is 0.532. The maximum Gasteiger partial charge on any atom is 0.132 e. The van der Waals surface area contributed by atoms with Crippen LogP contribution in [-0.2, 0) is 13.2 Å². The first-order valence-corrected chi connectivity index (χ1v) is 6.04. The predicted molar refractivity (Wildman–Crippen MR) is 70.0 cm³/mol. The molecule has 5 heteroatoms. The molecule has 0 aliphatic heterocycles. The molecule has 2 aromatic carbocycles. The van der Waals surface area contributed by atoms with Gasteiger partial charge in [-0.25, -0.2) is 8.78 Å². The van der Waals surface area contributed by atoms with Crippen molar-refractivity contribution in [2.24, 2.45) is 5.73 Å². The molecule has 0 bridgehead atoms. The van der Waals surface area contributed by atoms with Gasteiger partial charge in [-0.1, -0.05) is 17.7 Å². The van der Waals surface area contributed by atoms with Crippen LogP contribution in [0.15, 0.2) is 36.4 Å². The van der Waals surface area contributed by atoms with Gasteiger partial charge in [-0.05, 0) is 30.3 Å². The van der Waals surface area contributed by atoms with E-state index in [0.717, 1.165) is 0 Å². The van der Waals surface area contributed by atoms with Crippen LogP contribution in [-0.4, -0.2) is 0 Å². The van der Waals surface area contributed by atoms with Crippen molar-refractivity contribution < 1.29 is 13.5 Å². The fourth-order valence-corrected chi connectivity index (χ4v) is 1.86. The van der Waals surface area contributed by atoms with Gasteiger partial charge in [0.15, 0.2) is 0 Å². The molecule has 0 aliphatic rings. The number of rotatable bonds is 4. The number of ether oxygens (including phenoxy) is 1. The fourth-order valence-electron chi connectivity index (χ4n) is 1.67. The Labute approximate surface area is 114 Å². The average molecular weight is 284 g/mol. The zero-order valence-corrected chi connectivity index (χ0v) is 10.8. The van der Waals surface area contributed by atoms with Gasteiger partial charge in [0, 0.05) is 17.1 Å². The summed E-state index contributed by atoms with van der Waals surface area (Å²) in [6, 6.07) is 8.61. The van der Waals surface area contributed by atoms with Crippen LogP contribution in [0.4, 0.5) is 8.78 Å². The molecule has 0 unspecified atom stereocenters. The van der Waals surface area contributed by atoms with E-state index in [9.17, 15) is 8.78 Å². The van der Waals surface area contributed by atoms with Crippen molar-refractivity contribution in [2.45, 2.75) is 13.2 Å². The molecule has 0 aromatic heterocycles. The predicted octanol–water partition coefficient (Wildman–Crippen LogP) is 3.66. The summed E-state index contributed by atoms with van der Waals surface area (Å²) >= 11 is 5.83. The van der Waals surface area contributed by atoms with E-state index in [-0.39, 0.29) is 18.7 Å². The van der Waals surface area contributed by atoms with E-state index in [0.29, 0.717) is 16.3 Å². The van der Waals surface area contributed by atoms with Gasteiger partial charge >= 0.3 is 0 Å². The lowest BCUT2D eigenvalue weighted by molar-refractivity contribution is 0.289. The van der Waals surface area contributed by atoms with Crippen LogP contribution in [0.2, 0.25) is 5.02 Å². The second kappa shape index (κ2) is 5.99. The minimum atomic E-state index is -0.636. The van der Waals surface area contributed by atoms with Crippen LogP contribution in [0, 0.1) is 11.6 Å². The lowest BCUT2D eigenvalue weighted by Gasteiger charge is -2.11. The molecule has 19 heavy (non-hydrogen) atoms. The lowest BCUT2D eigenvalue weighted by Crippen LogP contribution is -2.05. The summed E-state index contributed by atoms with van der Waals surface area (Å²) in [4.78, 5) is 0. The van der Waals surface area contributed by atoms with Gasteiger partial charge in [-0.3, -0.25) is 0 Å². The van der Waals surface area contributed by atoms with Crippen molar-refractivity contribution in [1.82, 2.24) is 0 Å². The zero-order chi connectivity index (χ0) is 13.8. The van der Waals surface area contributed by atoms with Crippen molar-refractivity contribution in [1.29, 1.82) is 0 Å². The van der Waals surface area contributed by atoms with Crippen LogP contribution >= 0.6 is 11.6 Å². The number of hydrogen-bond acceptors (Lipinski definition) is 2. The second-order valence-corrected chi connectivity index (χ2v) is 4.38. The van der Waals surface area contributed by atoms with Gasteiger partial charge < -0.3 is 10.5 Å². The first kappa shape index (κ1) is 13.8. The van der Waals surface area contributed by atoms with E-state index in [1.54, 1.807) is 18.2 Å². The Balaban J connectivity index is 2.19. The maximum absolute atomic E-state index is 13.4. The van der Waals surface area contributed by atoms with E-state index >= 15 is 0 Å². The quantitative estimate of drug-likeness (QED) is 0.929. The molecule has 0 saturated heterocycles. The smallest absolute Gasteiger partial charge is 0.132 e. The van der Waals surface area contributed by atoms with Gasteiger partial charge in [0.05, 0.1) is 5.56 Å². The minimum Gasteiger partial charge on any atom is -0.488 e. The molecule has 0 spiro atoms. The van der Waals surface area contributed by atoms with Gasteiger partial charge in [0.25, 0.3) is 0 Å². The largest absolute Gasteiger partial charge is 0.488 e. The van der Waals surface area contributed by atoms with E-state index in [1.165, 1.54) is 18.2 Å². The molecule has 0 amide bonds. The van der Waals surface area contributed by atoms with E-state index in [1.807, 2.05) is 0 Å². The third-order valence-electron chi connectivity index (χ3n) is 2.68. The molecule has 2 rings (SSSR count). The number of halogens is 3. The van der Waals surface area contributed by atoms with Gasteiger partial charge in [-0.15, -0.1) is 0 Å². The Hall–Kier alpha value is -1.65. The summed E-state index contributed by atoms with van der Waals surface area (Å²) in [6.45, 7) is 0.0305. The highest BCUT2D eigenvalue weighted by atomic mass is 35.5. The zero-order valence-electron chi connectivity index (χ0n) is 10.00. The lowest BCUT2D eigenvalue weighted by atomic mass is 10.2. The van der Waals surface area contributed by atoms with Crippen molar-refractivity contribution in [3.8, 4) is 5.75 Å². The van der Waals surface area contributed by atoms with Crippen LogP contribution in [0.25, 0.3) is 0 Å². The third-order valence-corrected chi connectivity index (χ3v) is 2.91. The number of nitrogens with two attached hydrogens (primary N) is 1. The third kappa shape index (κ3) is 3.22. The monoisotopic (exact) mass is 283 g/mol. The Morgan fingerprint density at radius 2 is 1.79 bits per heavy atom. The molecule has 0 atom stereocenters. The second-order valence-electron chi connectivity index (χ2n) is 3.95. The highest BCUT2D eigenvalue weighted by Gasteiger charge is 2.10. The average Bonchev–Trinajstić information content (AvgIpc) is 2.39. The van der Waals surface area contributed by atoms with Crippen LogP contribution < -0.4 is 10.5 Å². The molecule has 2 N–H and O–H groups in total. The van der Waals surface area contributed by atoms with Gasteiger partial charge in [0.1, 0.15) is 24.0 Å². The maximum atomic E-state index is 13.4. The standard InChI is InChI=1S/C14H12ClF2NO/c15-10-4-5-14(9(6-10)7-18)19-8-11-12(16)2-1-3-13(11)17/h1-6H,7-8,18H2. The Morgan fingerprint density at radius 1 is 1.11 bits per heavy atom. The van der Waals surface area contributed by atoms with E-state index in [2.05, 4.69) is 0 Å². The van der Waals surface area contributed by atoms with Crippen molar-refractivity contribution in [3.05, 3.63) is 64.2 Å². The molecule has 0 saturated carbocycles. The molecule has 0 fully saturated rings. The van der Waals surface area contributed by atoms with Crippen molar-refractivity contribution in [3.63, 3.8) is 0 Å². The molecular formula is C14H12ClF2NO. The molecule has 2 nitrogen and oxygen atoms in total. The van der Waals surface area contributed by atoms with E-state index in [4.69, 9.17) is 22.1 Å². The first-order chi connectivity index (χ1) is 9.11. The van der Waals surface area contributed by atoms with Crippen molar-refractivity contribution in [2.75, 3.05) is 0 Å². The molecule has 100 valence electrons.